The molecule has 0 aliphatic rings. The van der Waals surface area contributed by atoms with Crippen LogP contribution < -0.4 is 0 Å². The lowest BCUT2D eigenvalue weighted by atomic mass is 9.88. The van der Waals surface area contributed by atoms with Crippen molar-refractivity contribution in [2.45, 2.75) is 52.5 Å². The quantitative estimate of drug-likeness (QED) is 0.729. The van der Waals surface area contributed by atoms with E-state index in [-0.39, 0.29) is 18.0 Å². The van der Waals surface area contributed by atoms with Crippen molar-refractivity contribution in [2.24, 2.45) is 0 Å². The van der Waals surface area contributed by atoms with Gasteiger partial charge in [0.1, 0.15) is 6.54 Å². The van der Waals surface area contributed by atoms with E-state index in [1.165, 1.54) is 5.56 Å². The van der Waals surface area contributed by atoms with Gasteiger partial charge in [-0.3, -0.25) is 4.79 Å². The molecule has 0 aliphatic carbocycles. The molecule has 0 radical (unpaired) electrons. The highest BCUT2D eigenvalue weighted by Gasteiger charge is 2.25. The Morgan fingerprint density at radius 3 is 2.41 bits per heavy atom. The molecule has 1 aromatic heterocycles. The molecule has 1 atom stereocenters. The lowest BCUT2D eigenvalue weighted by Gasteiger charge is -2.19. The zero-order valence-electron chi connectivity index (χ0n) is 17.0. The van der Waals surface area contributed by atoms with E-state index in [9.17, 15) is 14.7 Å². The maximum absolute atomic E-state index is 12.5. The number of benzene rings is 1. The topological polar surface area (TPSA) is 62.5 Å². The molecule has 0 saturated carbocycles. The van der Waals surface area contributed by atoms with Gasteiger partial charge in [0.15, 0.2) is 0 Å². The normalized spacial score (nSPS) is 12.2. The fourth-order valence-corrected chi connectivity index (χ4v) is 3.72. The highest BCUT2D eigenvalue weighted by atomic mass is 16.4. The van der Waals surface area contributed by atoms with Crippen LogP contribution in [0.2, 0.25) is 0 Å². The molecule has 1 unspecified atom stereocenters. The van der Waals surface area contributed by atoms with Crippen molar-refractivity contribution >= 4 is 28.4 Å². The van der Waals surface area contributed by atoms with Gasteiger partial charge in [0.05, 0.1) is 11.1 Å². The Morgan fingerprint density at radius 2 is 1.93 bits per heavy atom. The first kappa shape index (κ1) is 20.7. The molecule has 27 heavy (non-hydrogen) atoms. The first-order chi connectivity index (χ1) is 12.7. The fourth-order valence-electron chi connectivity index (χ4n) is 3.72. The lowest BCUT2D eigenvalue weighted by molar-refractivity contribution is -0.129. The van der Waals surface area contributed by atoms with Gasteiger partial charge in [0.2, 0.25) is 5.91 Å². The molecule has 1 amide bonds. The van der Waals surface area contributed by atoms with E-state index in [1.54, 1.807) is 31.1 Å². The predicted molar refractivity (Wildman–Crippen MR) is 110 cm³/mol. The summed E-state index contributed by atoms with van der Waals surface area (Å²) in [6, 6.07) is 5.21. The second-order valence-electron chi connectivity index (χ2n) is 7.35. The summed E-state index contributed by atoms with van der Waals surface area (Å²) in [7, 11) is 3.45. The molecule has 1 aromatic carbocycles. The minimum atomic E-state index is -0.970. The largest absolute Gasteiger partial charge is 0.478 e. The highest BCUT2D eigenvalue weighted by Crippen LogP contribution is 2.39. The molecule has 1 heterocycles. The number of rotatable bonds is 8. The monoisotopic (exact) mass is 370 g/mol. The Morgan fingerprint density at radius 1 is 1.26 bits per heavy atom. The van der Waals surface area contributed by atoms with E-state index in [4.69, 9.17) is 0 Å². The molecule has 5 heteroatoms. The number of aromatic nitrogens is 1. The SMILES string of the molecule is C=C(C)c1c(C(CC)CCC)c2ccc(C(=O)O)cc2n1CC(=O)N(C)C. The molecule has 0 saturated heterocycles. The standard InChI is InChI=1S/C22H30N2O3/c1-7-9-15(8-2)20-17-11-10-16(22(26)27)12-18(17)24(21(20)14(3)4)13-19(25)23(5)6/h10-12,15H,3,7-9,13H2,1-2,4-6H3,(H,26,27). The van der Waals surface area contributed by atoms with Crippen LogP contribution in [0, 0.1) is 0 Å². The van der Waals surface area contributed by atoms with E-state index in [0.29, 0.717) is 5.92 Å². The van der Waals surface area contributed by atoms with Crippen LogP contribution in [-0.4, -0.2) is 40.5 Å². The first-order valence-corrected chi connectivity index (χ1v) is 9.48. The van der Waals surface area contributed by atoms with Crippen LogP contribution in [0.1, 0.15) is 67.6 Å². The van der Waals surface area contributed by atoms with Gasteiger partial charge in [-0.05, 0) is 49.0 Å². The Kier molecular flexibility index (Phi) is 6.47. The summed E-state index contributed by atoms with van der Waals surface area (Å²) in [5.74, 6) is -0.664. The molecule has 0 aliphatic heterocycles. The molecule has 0 bridgehead atoms. The van der Waals surface area contributed by atoms with Gasteiger partial charge in [-0.15, -0.1) is 0 Å². The minimum absolute atomic E-state index is 0.0368. The average Bonchev–Trinajstić information content (AvgIpc) is 2.93. The van der Waals surface area contributed by atoms with Crippen LogP contribution in [0.3, 0.4) is 0 Å². The van der Waals surface area contributed by atoms with Crippen molar-refractivity contribution in [1.29, 1.82) is 0 Å². The van der Waals surface area contributed by atoms with Gasteiger partial charge in [0, 0.05) is 25.2 Å². The Labute approximate surface area is 161 Å². The number of carbonyl (C=O) groups excluding carboxylic acids is 1. The van der Waals surface area contributed by atoms with Gasteiger partial charge in [-0.1, -0.05) is 32.9 Å². The van der Waals surface area contributed by atoms with Crippen LogP contribution in [0.25, 0.3) is 16.5 Å². The Bertz CT molecular complexity index is 877. The number of carboxylic acid groups (broad SMARTS) is 1. The van der Waals surface area contributed by atoms with Crippen LogP contribution in [0.15, 0.2) is 24.8 Å². The summed E-state index contributed by atoms with van der Waals surface area (Å²) in [6.07, 6.45) is 3.08. The molecule has 2 rings (SSSR count). The number of fused-ring (bicyclic) bond motifs is 1. The van der Waals surface area contributed by atoms with E-state index < -0.39 is 5.97 Å². The third-order valence-electron chi connectivity index (χ3n) is 5.09. The maximum Gasteiger partial charge on any atom is 0.335 e. The van der Waals surface area contributed by atoms with Crippen LogP contribution >= 0.6 is 0 Å². The maximum atomic E-state index is 12.5. The van der Waals surface area contributed by atoms with Crippen molar-refractivity contribution in [3.05, 3.63) is 41.6 Å². The summed E-state index contributed by atoms with van der Waals surface area (Å²) in [6.45, 7) is 10.6. The smallest absolute Gasteiger partial charge is 0.335 e. The molecule has 1 N–H and O–H groups in total. The number of nitrogens with zero attached hydrogens (tertiary/aromatic N) is 2. The van der Waals surface area contributed by atoms with Crippen molar-refractivity contribution in [3.8, 4) is 0 Å². The molecule has 0 fully saturated rings. The van der Waals surface area contributed by atoms with Gasteiger partial charge in [-0.2, -0.15) is 0 Å². The number of allylic oxidation sites excluding steroid dienone is 1. The molecule has 2 aromatic rings. The molecular weight excluding hydrogens is 340 g/mol. The summed E-state index contributed by atoms with van der Waals surface area (Å²) in [5.41, 5.74) is 4.04. The lowest BCUT2D eigenvalue weighted by Crippen LogP contribution is -2.27. The van der Waals surface area contributed by atoms with Gasteiger partial charge >= 0.3 is 5.97 Å². The fraction of sp³-hybridized carbons (Fsp3) is 0.455. The average molecular weight is 370 g/mol. The molecule has 5 nitrogen and oxygen atoms in total. The Balaban J connectivity index is 2.86. The Hall–Kier alpha value is -2.56. The number of aromatic carboxylic acids is 1. The summed E-state index contributed by atoms with van der Waals surface area (Å²) < 4.78 is 1.94. The van der Waals surface area contributed by atoms with Crippen LogP contribution in [0.4, 0.5) is 0 Å². The molecule has 0 spiro atoms. The third kappa shape index (κ3) is 4.07. The summed E-state index contributed by atoms with van der Waals surface area (Å²) >= 11 is 0. The number of carbonyl (C=O) groups is 2. The number of amides is 1. The van der Waals surface area contributed by atoms with Crippen molar-refractivity contribution in [3.63, 3.8) is 0 Å². The first-order valence-electron chi connectivity index (χ1n) is 9.48. The van der Waals surface area contributed by atoms with E-state index in [1.807, 2.05) is 17.6 Å². The van der Waals surface area contributed by atoms with E-state index in [0.717, 1.165) is 41.4 Å². The zero-order chi connectivity index (χ0) is 20.3. The second-order valence-corrected chi connectivity index (χ2v) is 7.35. The number of hydrogen-bond acceptors (Lipinski definition) is 2. The predicted octanol–water partition coefficient (Wildman–Crippen LogP) is 4.75. The van der Waals surface area contributed by atoms with Crippen molar-refractivity contribution in [1.82, 2.24) is 9.47 Å². The number of carboxylic acids is 1. The van der Waals surface area contributed by atoms with Gasteiger partial charge < -0.3 is 14.6 Å². The summed E-state index contributed by atoms with van der Waals surface area (Å²) in [5, 5.41) is 10.4. The zero-order valence-corrected chi connectivity index (χ0v) is 17.0. The summed E-state index contributed by atoms with van der Waals surface area (Å²) in [4.78, 5) is 25.5. The molecule has 146 valence electrons. The van der Waals surface area contributed by atoms with Gasteiger partial charge in [0.25, 0.3) is 0 Å². The molecular formula is C22H30N2O3. The number of hydrogen-bond donors (Lipinski definition) is 1. The van der Waals surface area contributed by atoms with E-state index >= 15 is 0 Å². The van der Waals surface area contributed by atoms with Crippen LogP contribution in [-0.2, 0) is 11.3 Å². The van der Waals surface area contributed by atoms with Crippen LogP contribution in [0.5, 0.6) is 0 Å². The van der Waals surface area contributed by atoms with E-state index in [2.05, 4.69) is 20.4 Å². The van der Waals surface area contributed by atoms with Gasteiger partial charge in [-0.25, -0.2) is 4.79 Å². The minimum Gasteiger partial charge on any atom is -0.478 e. The third-order valence-corrected chi connectivity index (χ3v) is 5.09. The second kappa shape index (κ2) is 8.42. The van der Waals surface area contributed by atoms with Crippen molar-refractivity contribution in [2.75, 3.05) is 14.1 Å². The highest BCUT2D eigenvalue weighted by molar-refractivity contribution is 5.97. The van der Waals surface area contributed by atoms with Crippen molar-refractivity contribution < 1.29 is 14.7 Å². The number of likely N-dealkylation sites (N-methyl/N-ethyl adjacent to an activating group) is 1.